The molecule has 0 bridgehead atoms. The van der Waals surface area contributed by atoms with Crippen molar-refractivity contribution in [2.45, 2.75) is 34.2 Å². The fourth-order valence-corrected chi connectivity index (χ4v) is 2.14. The SMILES string of the molecule is CCn1nc(C)c(-c2cnc(N)c(C)c2)c1C. The maximum Gasteiger partial charge on any atom is 0.126 e. The summed E-state index contributed by atoms with van der Waals surface area (Å²) in [4.78, 5) is 4.21. The van der Waals surface area contributed by atoms with Crippen LogP contribution in [0.15, 0.2) is 12.3 Å². The zero-order chi connectivity index (χ0) is 12.6. The molecule has 0 unspecified atom stereocenters. The summed E-state index contributed by atoms with van der Waals surface area (Å²) >= 11 is 0. The normalized spacial score (nSPS) is 10.8. The van der Waals surface area contributed by atoms with Gasteiger partial charge in [-0.05, 0) is 39.3 Å². The van der Waals surface area contributed by atoms with Crippen molar-refractivity contribution in [3.8, 4) is 11.1 Å². The van der Waals surface area contributed by atoms with Crippen molar-refractivity contribution in [3.05, 3.63) is 29.2 Å². The Morgan fingerprint density at radius 2 is 2.00 bits per heavy atom. The molecule has 0 spiro atoms. The van der Waals surface area contributed by atoms with Crippen LogP contribution in [0.1, 0.15) is 23.9 Å². The monoisotopic (exact) mass is 230 g/mol. The van der Waals surface area contributed by atoms with Gasteiger partial charge in [0.25, 0.3) is 0 Å². The quantitative estimate of drug-likeness (QED) is 0.862. The lowest BCUT2D eigenvalue weighted by Gasteiger charge is -2.05. The molecule has 0 atom stereocenters. The summed E-state index contributed by atoms with van der Waals surface area (Å²) in [5, 5.41) is 4.51. The number of pyridine rings is 1. The molecule has 2 rings (SSSR count). The van der Waals surface area contributed by atoms with Crippen molar-refractivity contribution < 1.29 is 0 Å². The third kappa shape index (κ3) is 1.90. The van der Waals surface area contributed by atoms with Crippen molar-refractivity contribution in [2.24, 2.45) is 0 Å². The molecular weight excluding hydrogens is 212 g/mol. The second kappa shape index (κ2) is 4.20. The molecule has 2 aromatic rings. The van der Waals surface area contributed by atoms with Crippen molar-refractivity contribution >= 4 is 5.82 Å². The van der Waals surface area contributed by atoms with Gasteiger partial charge in [0.1, 0.15) is 5.82 Å². The topological polar surface area (TPSA) is 56.7 Å². The molecular formula is C13H18N4. The number of aryl methyl sites for hydroxylation is 3. The van der Waals surface area contributed by atoms with E-state index in [9.17, 15) is 0 Å². The third-order valence-electron chi connectivity index (χ3n) is 3.09. The minimum Gasteiger partial charge on any atom is -0.383 e. The van der Waals surface area contributed by atoms with Gasteiger partial charge in [0.05, 0.1) is 5.69 Å². The Kier molecular flexibility index (Phi) is 2.88. The van der Waals surface area contributed by atoms with Crippen LogP contribution in [0.2, 0.25) is 0 Å². The lowest BCUT2D eigenvalue weighted by molar-refractivity contribution is 0.634. The fraction of sp³-hybridized carbons (Fsp3) is 0.385. The standard InChI is InChI=1S/C13H18N4/c1-5-17-10(4)12(9(3)16-17)11-6-8(2)13(14)15-7-11/h6-7H,5H2,1-4H3,(H2,14,15). The highest BCUT2D eigenvalue weighted by Crippen LogP contribution is 2.27. The molecule has 0 saturated heterocycles. The molecule has 2 N–H and O–H groups in total. The Labute approximate surface area is 101 Å². The number of rotatable bonds is 2. The van der Waals surface area contributed by atoms with Gasteiger partial charge >= 0.3 is 0 Å². The zero-order valence-electron chi connectivity index (χ0n) is 10.8. The molecule has 2 aromatic heterocycles. The van der Waals surface area contributed by atoms with Crippen molar-refractivity contribution in [1.82, 2.24) is 14.8 Å². The van der Waals surface area contributed by atoms with Crippen LogP contribution in [0.4, 0.5) is 5.82 Å². The zero-order valence-corrected chi connectivity index (χ0v) is 10.8. The van der Waals surface area contributed by atoms with Crippen molar-refractivity contribution in [1.29, 1.82) is 0 Å². The first-order valence-corrected chi connectivity index (χ1v) is 5.81. The van der Waals surface area contributed by atoms with Gasteiger partial charge in [0, 0.05) is 29.6 Å². The van der Waals surface area contributed by atoms with Gasteiger partial charge in [0.2, 0.25) is 0 Å². The maximum absolute atomic E-state index is 5.74. The Balaban J connectivity index is 2.60. The number of nitrogens with zero attached hydrogens (tertiary/aromatic N) is 3. The Morgan fingerprint density at radius 1 is 1.29 bits per heavy atom. The molecule has 0 radical (unpaired) electrons. The summed E-state index contributed by atoms with van der Waals surface area (Å²) in [6.45, 7) is 9.06. The molecule has 2 heterocycles. The first-order chi connectivity index (χ1) is 8.04. The van der Waals surface area contributed by atoms with Gasteiger partial charge in [-0.15, -0.1) is 0 Å². The van der Waals surface area contributed by atoms with E-state index in [4.69, 9.17) is 5.73 Å². The minimum absolute atomic E-state index is 0.590. The van der Waals surface area contributed by atoms with Gasteiger partial charge in [-0.3, -0.25) is 4.68 Å². The predicted molar refractivity (Wildman–Crippen MR) is 69.8 cm³/mol. The molecule has 0 fully saturated rings. The predicted octanol–water partition coefficient (Wildman–Crippen LogP) is 2.47. The van der Waals surface area contributed by atoms with Crippen LogP contribution >= 0.6 is 0 Å². The van der Waals surface area contributed by atoms with Crippen LogP contribution in [-0.2, 0) is 6.54 Å². The van der Waals surface area contributed by atoms with Crippen LogP contribution in [0.5, 0.6) is 0 Å². The first-order valence-electron chi connectivity index (χ1n) is 5.81. The van der Waals surface area contributed by atoms with E-state index in [1.807, 2.05) is 24.7 Å². The Morgan fingerprint density at radius 3 is 2.53 bits per heavy atom. The number of hydrogen-bond donors (Lipinski definition) is 1. The molecule has 90 valence electrons. The largest absolute Gasteiger partial charge is 0.383 e. The van der Waals surface area contributed by atoms with Crippen LogP contribution in [0.3, 0.4) is 0 Å². The number of nitrogen functional groups attached to an aromatic ring is 1. The maximum atomic E-state index is 5.74. The van der Waals surface area contributed by atoms with Crippen LogP contribution in [0.25, 0.3) is 11.1 Å². The third-order valence-corrected chi connectivity index (χ3v) is 3.09. The van der Waals surface area contributed by atoms with Gasteiger partial charge in [0.15, 0.2) is 0 Å². The van der Waals surface area contributed by atoms with E-state index in [1.54, 1.807) is 0 Å². The van der Waals surface area contributed by atoms with E-state index in [0.717, 1.165) is 23.4 Å². The number of aromatic nitrogens is 3. The van der Waals surface area contributed by atoms with Crippen molar-refractivity contribution in [2.75, 3.05) is 5.73 Å². The number of nitrogens with two attached hydrogens (primary N) is 1. The highest BCUT2D eigenvalue weighted by atomic mass is 15.3. The second-order valence-corrected chi connectivity index (χ2v) is 4.29. The summed E-state index contributed by atoms with van der Waals surface area (Å²) in [7, 11) is 0. The summed E-state index contributed by atoms with van der Waals surface area (Å²) in [5.74, 6) is 0.590. The van der Waals surface area contributed by atoms with Crippen molar-refractivity contribution in [3.63, 3.8) is 0 Å². The van der Waals surface area contributed by atoms with E-state index in [1.165, 1.54) is 11.3 Å². The van der Waals surface area contributed by atoms with Gasteiger partial charge in [-0.1, -0.05) is 0 Å². The van der Waals surface area contributed by atoms with Gasteiger partial charge in [-0.2, -0.15) is 5.10 Å². The molecule has 4 heteroatoms. The molecule has 0 aliphatic rings. The van der Waals surface area contributed by atoms with Crippen LogP contribution in [-0.4, -0.2) is 14.8 Å². The molecule has 0 aromatic carbocycles. The Bertz CT molecular complexity index is 555. The highest BCUT2D eigenvalue weighted by Gasteiger charge is 2.13. The van der Waals surface area contributed by atoms with E-state index >= 15 is 0 Å². The average Bonchev–Trinajstić information content (AvgIpc) is 2.58. The Hall–Kier alpha value is -1.84. The molecule has 17 heavy (non-hydrogen) atoms. The lowest BCUT2D eigenvalue weighted by atomic mass is 10.0. The minimum atomic E-state index is 0.590. The van der Waals surface area contributed by atoms with E-state index in [-0.39, 0.29) is 0 Å². The van der Waals surface area contributed by atoms with E-state index in [2.05, 4.69) is 30.0 Å². The number of hydrogen-bond acceptors (Lipinski definition) is 3. The summed E-state index contributed by atoms with van der Waals surface area (Å²) in [5.41, 5.74) is 11.2. The highest BCUT2D eigenvalue weighted by molar-refractivity contribution is 5.69. The van der Waals surface area contributed by atoms with Gasteiger partial charge in [-0.25, -0.2) is 4.98 Å². The van der Waals surface area contributed by atoms with E-state index < -0.39 is 0 Å². The lowest BCUT2D eigenvalue weighted by Crippen LogP contribution is -1.99. The molecule has 0 aliphatic carbocycles. The number of anilines is 1. The fourth-order valence-electron chi connectivity index (χ4n) is 2.14. The summed E-state index contributed by atoms with van der Waals surface area (Å²) < 4.78 is 2.01. The molecule has 0 saturated carbocycles. The van der Waals surface area contributed by atoms with Crippen LogP contribution in [0, 0.1) is 20.8 Å². The van der Waals surface area contributed by atoms with Crippen LogP contribution < -0.4 is 5.73 Å². The smallest absolute Gasteiger partial charge is 0.126 e. The first kappa shape index (κ1) is 11.6. The second-order valence-electron chi connectivity index (χ2n) is 4.29. The molecule has 4 nitrogen and oxygen atoms in total. The summed E-state index contributed by atoms with van der Waals surface area (Å²) in [6, 6.07) is 2.07. The van der Waals surface area contributed by atoms with E-state index in [0.29, 0.717) is 5.82 Å². The molecule has 0 amide bonds. The summed E-state index contributed by atoms with van der Waals surface area (Å²) in [6.07, 6.45) is 1.82. The van der Waals surface area contributed by atoms with Gasteiger partial charge < -0.3 is 5.73 Å². The average molecular weight is 230 g/mol. The molecule has 0 aliphatic heterocycles.